The molecule has 1 heterocycles. The fraction of sp³-hybridized carbons (Fsp3) is 0.364. The van der Waals surface area contributed by atoms with Crippen LogP contribution in [0.25, 0.3) is 0 Å². The second-order valence-corrected chi connectivity index (χ2v) is 9.89. The van der Waals surface area contributed by atoms with Crippen molar-refractivity contribution in [1.82, 2.24) is 9.21 Å². The summed E-state index contributed by atoms with van der Waals surface area (Å²) in [5.74, 6) is -0.514. The van der Waals surface area contributed by atoms with E-state index >= 15 is 0 Å². The summed E-state index contributed by atoms with van der Waals surface area (Å²) in [5, 5.41) is 3.09. The summed E-state index contributed by atoms with van der Waals surface area (Å²) in [6, 6.07) is 9.29. The Labute approximate surface area is 198 Å². The van der Waals surface area contributed by atoms with E-state index in [1.54, 1.807) is 37.3 Å². The number of halogens is 1. The summed E-state index contributed by atoms with van der Waals surface area (Å²) in [4.78, 5) is 26.7. The van der Waals surface area contributed by atoms with Gasteiger partial charge in [-0.1, -0.05) is 17.7 Å². The molecule has 1 fully saturated rings. The van der Waals surface area contributed by atoms with Crippen LogP contribution in [0.3, 0.4) is 0 Å². The number of hydrogen-bond acceptors (Lipinski definition) is 6. The number of rotatable bonds is 7. The first kappa shape index (κ1) is 25.0. The van der Waals surface area contributed by atoms with Crippen molar-refractivity contribution in [2.75, 3.05) is 52.3 Å². The van der Waals surface area contributed by atoms with Gasteiger partial charge in [-0.25, -0.2) is 8.42 Å². The maximum atomic E-state index is 13.1. The molecule has 0 aromatic heterocycles. The number of aryl methyl sites for hydroxylation is 1. The number of nitrogens with one attached hydrogen (secondary N) is 1. The normalized spacial score (nSPS) is 14.5. The van der Waals surface area contributed by atoms with Gasteiger partial charge in [0.15, 0.2) is 0 Å². The van der Waals surface area contributed by atoms with Gasteiger partial charge < -0.3 is 19.7 Å². The average Bonchev–Trinajstić information content (AvgIpc) is 2.79. The zero-order chi connectivity index (χ0) is 24.2. The molecule has 0 bridgehead atoms. The fourth-order valence-corrected chi connectivity index (χ4v) is 5.24. The Hall–Kier alpha value is -2.66. The van der Waals surface area contributed by atoms with Crippen LogP contribution in [0.2, 0.25) is 5.02 Å². The van der Waals surface area contributed by atoms with Gasteiger partial charge in [-0.05, 0) is 42.8 Å². The van der Waals surface area contributed by atoms with E-state index in [9.17, 15) is 18.0 Å². The Morgan fingerprint density at radius 1 is 1.18 bits per heavy atom. The van der Waals surface area contributed by atoms with Crippen LogP contribution >= 0.6 is 11.6 Å². The molecular formula is C22H26ClN3O6S. The Morgan fingerprint density at radius 2 is 1.88 bits per heavy atom. The summed E-state index contributed by atoms with van der Waals surface area (Å²) in [5.41, 5.74) is 1.08. The lowest BCUT2D eigenvalue weighted by molar-refractivity contribution is -0.116. The van der Waals surface area contributed by atoms with Crippen LogP contribution < -0.4 is 10.1 Å². The van der Waals surface area contributed by atoms with Crippen LogP contribution in [0.1, 0.15) is 15.9 Å². The highest BCUT2D eigenvalue weighted by Crippen LogP contribution is 2.28. The summed E-state index contributed by atoms with van der Waals surface area (Å²) in [6.07, 6.45) is 0. The topological polar surface area (TPSA) is 105 Å². The number of sulfonamides is 1. The molecule has 2 aromatic rings. The minimum Gasteiger partial charge on any atom is -0.495 e. The number of carbonyl (C=O) groups excluding carboxylic acids is 2. The minimum atomic E-state index is -3.77. The molecule has 178 valence electrons. The first-order chi connectivity index (χ1) is 15.6. The number of ether oxygens (including phenoxy) is 2. The van der Waals surface area contributed by atoms with Crippen molar-refractivity contribution < 1.29 is 27.5 Å². The number of morpholine rings is 1. The van der Waals surface area contributed by atoms with Gasteiger partial charge in [0.2, 0.25) is 15.9 Å². The number of nitrogens with zero attached hydrogens (tertiary/aromatic N) is 2. The van der Waals surface area contributed by atoms with Crippen molar-refractivity contribution in [3.05, 3.63) is 52.5 Å². The van der Waals surface area contributed by atoms with Gasteiger partial charge in [-0.3, -0.25) is 9.59 Å². The molecule has 0 atom stereocenters. The minimum absolute atomic E-state index is 0.0664. The molecule has 11 heteroatoms. The van der Waals surface area contributed by atoms with E-state index in [0.717, 1.165) is 0 Å². The molecule has 0 radical (unpaired) electrons. The van der Waals surface area contributed by atoms with E-state index < -0.39 is 21.8 Å². The van der Waals surface area contributed by atoms with Crippen molar-refractivity contribution in [2.45, 2.75) is 11.8 Å². The predicted octanol–water partition coefficient (Wildman–Crippen LogP) is 2.39. The van der Waals surface area contributed by atoms with Crippen LogP contribution in [-0.2, 0) is 19.6 Å². The summed E-state index contributed by atoms with van der Waals surface area (Å²) in [6.45, 7) is 2.59. The standard InChI is InChI=1S/C22H26ClN3O6S/c1-15-4-5-16(12-20(15)33(29,30)26-8-10-32-11-9-26)22(28)25(2)14-21(27)24-18-13-17(23)6-7-19(18)31-3/h4-7,12-13H,8-11,14H2,1-3H3,(H,24,27). The van der Waals surface area contributed by atoms with Gasteiger partial charge in [-0.2, -0.15) is 4.31 Å². The maximum Gasteiger partial charge on any atom is 0.254 e. The highest BCUT2D eigenvalue weighted by atomic mass is 35.5. The summed E-state index contributed by atoms with van der Waals surface area (Å²) >= 11 is 5.98. The fourth-order valence-electron chi connectivity index (χ4n) is 3.41. The molecule has 0 saturated carbocycles. The first-order valence-electron chi connectivity index (χ1n) is 10.2. The summed E-state index contributed by atoms with van der Waals surface area (Å²) < 4.78 is 38.0. The van der Waals surface area contributed by atoms with Crippen LogP contribution in [0.15, 0.2) is 41.3 Å². The number of likely N-dealkylation sites (N-methyl/N-ethyl adjacent to an activating group) is 1. The van der Waals surface area contributed by atoms with Crippen LogP contribution in [-0.4, -0.2) is 76.4 Å². The molecule has 2 aromatic carbocycles. The monoisotopic (exact) mass is 495 g/mol. The van der Waals surface area contributed by atoms with Gasteiger partial charge in [-0.15, -0.1) is 0 Å². The van der Waals surface area contributed by atoms with Crippen molar-refractivity contribution in [1.29, 1.82) is 0 Å². The van der Waals surface area contributed by atoms with E-state index in [0.29, 0.717) is 35.2 Å². The molecule has 0 aliphatic carbocycles. The predicted molar refractivity (Wildman–Crippen MR) is 124 cm³/mol. The molecule has 2 amide bonds. The van der Waals surface area contributed by atoms with Gasteiger partial charge in [0.05, 0.1) is 37.5 Å². The van der Waals surface area contributed by atoms with E-state index in [4.69, 9.17) is 21.1 Å². The molecule has 0 spiro atoms. The lowest BCUT2D eigenvalue weighted by atomic mass is 10.1. The lowest BCUT2D eigenvalue weighted by Crippen LogP contribution is -2.41. The lowest BCUT2D eigenvalue weighted by Gasteiger charge is -2.27. The Bertz CT molecular complexity index is 1150. The third-order valence-corrected chi connectivity index (χ3v) is 7.46. The maximum absolute atomic E-state index is 13.1. The van der Waals surface area contributed by atoms with Gasteiger partial charge >= 0.3 is 0 Å². The van der Waals surface area contributed by atoms with E-state index in [-0.39, 0.29) is 30.1 Å². The quantitative estimate of drug-likeness (QED) is 0.632. The van der Waals surface area contributed by atoms with E-state index in [2.05, 4.69) is 5.32 Å². The molecular weight excluding hydrogens is 470 g/mol. The SMILES string of the molecule is COc1ccc(Cl)cc1NC(=O)CN(C)C(=O)c1ccc(C)c(S(=O)(=O)N2CCOCC2)c1. The Balaban J connectivity index is 1.75. The van der Waals surface area contributed by atoms with Crippen molar-refractivity contribution in [2.24, 2.45) is 0 Å². The zero-order valence-electron chi connectivity index (χ0n) is 18.6. The molecule has 3 rings (SSSR count). The molecule has 1 aliphatic heterocycles. The number of carbonyl (C=O) groups is 2. The molecule has 0 unspecified atom stereocenters. The van der Waals surface area contributed by atoms with Gasteiger partial charge in [0.25, 0.3) is 5.91 Å². The first-order valence-corrected chi connectivity index (χ1v) is 12.0. The third-order valence-electron chi connectivity index (χ3n) is 5.19. The van der Waals surface area contributed by atoms with Crippen LogP contribution in [0.5, 0.6) is 5.75 Å². The highest BCUT2D eigenvalue weighted by Gasteiger charge is 2.29. The number of amides is 2. The Kier molecular flexibility index (Phi) is 7.96. The Morgan fingerprint density at radius 3 is 2.55 bits per heavy atom. The third kappa shape index (κ3) is 5.83. The van der Waals surface area contributed by atoms with E-state index in [1.165, 1.54) is 29.4 Å². The second kappa shape index (κ2) is 10.5. The van der Waals surface area contributed by atoms with Crippen molar-refractivity contribution >= 4 is 39.1 Å². The molecule has 1 N–H and O–H groups in total. The van der Waals surface area contributed by atoms with Crippen LogP contribution in [0, 0.1) is 6.92 Å². The molecule has 33 heavy (non-hydrogen) atoms. The highest BCUT2D eigenvalue weighted by molar-refractivity contribution is 7.89. The van der Waals surface area contributed by atoms with Crippen molar-refractivity contribution in [3.8, 4) is 5.75 Å². The number of hydrogen-bond donors (Lipinski definition) is 1. The molecule has 1 saturated heterocycles. The second-order valence-electron chi connectivity index (χ2n) is 7.55. The number of methoxy groups -OCH3 is 1. The molecule has 1 aliphatic rings. The average molecular weight is 496 g/mol. The van der Waals surface area contributed by atoms with E-state index in [1.807, 2.05) is 0 Å². The number of benzene rings is 2. The van der Waals surface area contributed by atoms with Gasteiger partial charge in [0.1, 0.15) is 5.75 Å². The van der Waals surface area contributed by atoms with Crippen molar-refractivity contribution in [3.63, 3.8) is 0 Å². The summed E-state index contributed by atoms with van der Waals surface area (Å²) in [7, 11) is -0.841. The smallest absolute Gasteiger partial charge is 0.254 e. The number of anilines is 1. The van der Waals surface area contributed by atoms with Crippen LogP contribution in [0.4, 0.5) is 5.69 Å². The zero-order valence-corrected chi connectivity index (χ0v) is 20.2. The molecule has 9 nitrogen and oxygen atoms in total. The van der Waals surface area contributed by atoms with Gasteiger partial charge in [0, 0.05) is 30.7 Å². The largest absolute Gasteiger partial charge is 0.495 e.